The number of hydrogen-bond acceptors (Lipinski definition) is 3. The molecule has 0 heterocycles. The highest BCUT2D eigenvalue weighted by Crippen LogP contribution is 2.17. The van der Waals surface area contributed by atoms with Crippen molar-refractivity contribution in [3.63, 3.8) is 0 Å². The molecular weight excluding hydrogens is 235 g/mol. The molecule has 0 bridgehead atoms. The first-order valence-electron chi connectivity index (χ1n) is 4.29. The van der Waals surface area contributed by atoms with E-state index in [1.807, 2.05) is 43.3 Å². The molecule has 0 unspecified atom stereocenters. The highest BCUT2D eigenvalue weighted by atomic mass is 35.5. The molecule has 15 heavy (non-hydrogen) atoms. The Morgan fingerprint density at radius 1 is 1.33 bits per heavy atom. The molecule has 88 valence electrons. The topological polar surface area (TPSA) is 49.5 Å². The molecule has 0 aromatic heterocycles. The zero-order chi connectivity index (χ0) is 9.84. The first-order chi connectivity index (χ1) is 6.15. The number of hydrogen-bond donors (Lipinski definition) is 2. The van der Waals surface area contributed by atoms with Gasteiger partial charge in [0.2, 0.25) is 0 Å². The second-order valence-corrected chi connectivity index (χ2v) is 3.28. The van der Waals surface area contributed by atoms with Crippen molar-refractivity contribution in [1.29, 1.82) is 0 Å². The van der Waals surface area contributed by atoms with Crippen LogP contribution in [0.4, 0.5) is 5.69 Å². The van der Waals surface area contributed by atoms with Crippen LogP contribution in [0.5, 0.6) is 0 Å². The first-order valence-corrected chi connectivity index (χ1v) is 4.29. The van der Waals surface area contributed by atoms with Crippen LogP contribution in [0.1, 0.15) is 11.6 Å². The van der Waals surface area contributed by atoms with Gasteiger partial charge in [-0.3, -0.25) is 0 Å². The van der Waals surface area contributed by atoms with Crippen LogP contribution in [0.3, 0.4) is 0 Å². The molecule has 0 saturated carbocycles. The van der Waals surface area contributed by atoms with Crippen molar-refractivity contribution < 1.29 is 5.11 Å². The maximum Gasteiger partial charge on any atom is 0.0624 e. The molecule has 1 rings (SSSR count). The Kier molecular flexibility index (Phi) is 8.77. The van der Waals surface area contributed by atoms with E-state index in [1.165, 1.54) is 0 Å². The van der Waals surface area contributed by atoms with Crippen LogP contribution < -0.4 is 10.6 Å². The van der Waals surface area contributed by atoms with Gasteiger partial charge in [0.05, 0.1) is 12.6 Å². The summed E-state index contributed by atoms with van der Waals surface area (Å²) >= 11 is 0. The van der Waals surface area contributed by atoms with Crippen LogP contribution in [0.15, 0.2) is 24.3 Å². The highest BCUT2D eigenvalue weighted by Gasteiger charge is 2.04. The number of aliphatic hydroxyl groups is 1. The van der Waals surface area contributed by atoms with Gasteiger partial charge in [-0.25, -0.2) is 0 Å². The zero-order valence-corrected chi connectivity index (χ0v) is 10.5. The van der Waals surface area contributed by atoms with Crippen LogP contribution in [0.25, 0.3) is 0 Å². The van der Waals surface area contributed by atoms with E-state index in [0.717, 1.165) is 11.3 Å². The van der Waals surface area contributed by atoms with Crippen molar-refractivity contribution in [3.05, 3.63) is 29.8 Å². The fourth-order valence-corrected chi connectivity index (χ4v) is 1.14. The lowest BCUT2D eigenvalue weighted by molar-refractivity contribution is 0.268. The minimum Gasteiger partial charge on any atom is -0.394 e. The molecule has 0 radical (unpaired) electrons. The number of rotatable bonds is 3. The van der Waals surface area contributed by atoms with Gasteiger partial charge >= 0.3 is 0 Å². The van der Waals surface area contributed by atoms with Gasteiger partial charge in [0.25, 0.3) is 0 Å². The van der Waals surface area contributed by atoms with Crippen LogP contribution in [0, 0.1) is 0 Å². The van der Waals surface area contributed by atoms with Gasteiger partial charge in [0.15, 0.2) is 0 Å². The SMILES string of the molecule is CN(C)c1cccc([C@@H](N)CO)c1.Cl.Cl. The van der Waals surface area contributed by atoms with E-state index in [2.05, 4.69) is 0 Å². The molecule has 3 N–H and O–H groups in total. The van der Waals surface area contributed by atoms with Crippen molar-refractivity contribution >= 4 is 30.5 Å². The number of nitrogens with two attached hydrogens (primary N) is 1. The van der Waals surface area contributed by atoms with Crippen molar-refractivity contribution in [2.24, 2.45) is 5.73 Å². The largest absolute Gasteiger partial charge is 0.394 e. The second-order valence-electron chi connectivity index (χ2n) is 3.28. The molecule has 0 spiro atoms. The molecule has 0 aliphatic heterocycles. The lowest BCUT2D eigenvalue weighted by Gasteiger charge is -2.15. The van der Waals surface area contributed by atoms with E-state index in [-0.39, 0.29) is 37.5 Å². The van der Waals surface area contributed by atoms with Crippen LogP contribution in [-0.4, -0.2) is 25.8 Å². The number of nitrogens with zero attached hydrogens (tertiary/aromatic N) is 1. The lowest BCUT2D eigenvalue weighted by Crippen LogP contribution is -2.15. The summed E-state index contributed by atoms with van der Waals surface area (Å²) in [5.41, 5.74) is 7.76. The first kappa shape index (κ1) is 16.9. The van der Waals surface area contributed by atoms with Crippen LogP contribution >= 0.6 is 24.8 Å². The number of anilines is 1. The molecule has 0 aliphatic carbocycles. The van der Waals surface area contributed by atoms with E-state index in [4.69, 9.17) is 10.8 Å². The smallest absolute Gasteiger partial charge is 0.0624 e. The summed E-state index contributed by atoms with van der Waals surface area (Å²) in [4.78, 5) is 2.01. The van der Waals surface area contributed by atoms with Gasteiger partial charge in [-0.05, 0) is 17.7 Å². The molecule has 0 amide bonds. The molecular formula is C10H18Cl2N2O. The van der Waals surface area contributed by atoms with Gasteiger partial charge in [0.1, 0.15) is 0 Å². The summed E-state index contributed by atoms with van der Waals surface area (Å²) in [6.45, 7) is -0.0170. The highest BCUT2D eigenvalue weighted by molar-refractivity contribution is 5.85. The van der Waals surface area contributed by atoms with Gasteiger partial charge in [-0.1, -0.05) is 12.1 Å². The quantitative estimate of drug-likeness (QED) is 0.860. The zero-order valence-electron chi connectivity index (χ0n) is 8.88. The standard InChI is InChI=1S/C10H16N2O.2ClH/c1-12(2)9-5-3-4-8(6-9)10(11)7-13;;/h3-6,10,13H,7,11H2,1-2H3;2*1H/t10-;;/m0../s1. The maximum absolute atomic E-state index is 8.88. The normalized spacial score (nSPS) is 10.9. The monoisotopic (exact) mass is 252 g/mol. The van der Waals surface area contributed by atoms with Crippen LogP contribution in [0.2, 0.25) is 0 Å². The van der Waals surface area contributed by atoms with E-state index in [9.17, 15) is 0 Å². The van der Waals surface area contributed by atoms with Crippen molar-refractivity contribution in [2.45, 2.75) is 6.04 Å². The van der Waals surface area contributed by atoms with Gasteiger partial charge < -0.3 is 15.7 Å². The van der Waals surface area contributed by atoms with Gasteiger partial charge in [-0.15, -0.1) is 24.8 Å². The fourth-order valence-electron chi connectivity index (χ4n) is 1.14. The Labute approximate surface area is 103 Å². The summed E-state index contributed by atoms with van der Waals surface area (Å²) in [5.74, 6) is 0. The Bertz CT molecular complexity index is 282. The predicted molar refractivity (Wildman–Crippen MR) is 69.3 cm³/mol. The number of halogens is 2. The molecule has 1 aromatic rings. The van der Waals surface area contributed by atoms with Crippen molar-refractivity contribution in [1.82, 2.24) is 0 Å². The molecule has 0 aliphatic rings. The van der Waals surface area contributed by atoms with Crippen LogP contribution in [-0.2, 0) is 0 Å². The number of aliphatic hydroxyl groups excluding tert-OH is 1. The summed E-state index contributed by atoms with van der Waals surface area (Å²) in [5, 5.41) is 8.88. The summed E-state index contributed by atoms with van der Waals surface area (Å²) in [7, 11) is 3.95. The summed E-state index contributed by atoms with van der Waals surface area (Å²) < 4.78 is 0. The van der Waals surface area contributed by atoms with Crippen molar-refractivity contribution in [2.75, 3.05) is 25.6 Å². The molecule has 1 aromatic carbocycles. The second kappa shape index (κ2) is 7.77. The maximum atomic E-state index is 8.88. The Hall–Kier alpha value is -0.480. The van der Waals surface area contributed by atoms with E-state index in [0.29, 0.717) is 0 Å². The predicted octanol–water partition coefficient (Wildman–Crippen LogP) is 1.59. The average molecular weight is 253 g/mol. The molecule has 3 nitrogen and oxygen atoms in total. The Balaban J connectivity index is 0. The minimum atomic E-state index is -0.278. The minimum absolute atomic E-state index is 0. The van der Waals surface area contributed by atoms with Gasteiger partial charge in [0, 0.05) is 19.8 Å². The lowest BCUT2D eigenvalue weighted by atomic mass is 10.1. The third-order valence-corrected chi connectivity index (χ3v) is 2.01. The average Bonchev–Trinajstić information content (AvgIpc) is 2.17. The number of benzene rings is 1. The summed E-state index contributed by atoms with van der Waals surface area (Å²) in [6, 6.07) is 7.59. The third kappa shape index (κ3) is 4.71. The van der Waals surface area contributed by atoms with E-state index in [1.54, 1.807) is 0 Å². The third-order valence-electron chi connectivity index (χ3n) is 2.01. The van der Waals surface area contributed by atoms with E-state index < -0.39 is 0 Å². The summed E-state index contributed by atoms with van der Waals surface area (Å²) in [6.07, 6.45) is 0. The Morgan fingerprint density at radius 2 is 1.93 bits per heavy atom. The fraction of sp³-hybridized carbons (Fsp3) is 0.400. The molecule has 0 fully saturated rings. The van der Waals surface area contributed by atoms with Gasteiger partial charge in [-0.2, -0.15) is 0 Å². The Morgan fingerprint density at radius 3 is 2.40 bits per heavy atom. The molecule has 1 atom stereocenters. The van der Waals surface area contributed by atoms with Crippen molar-refractivity contribution in [3.8, 4) is 0 Å². The van der Waals surface area contributed by atoms with E-state index >= 15 is 0 Å². The molecule has 5 heteroatoms. The molecule has 0 saturated heterocycles.